The van der Waals surface area contributed by atoms with Gasteiger partial charge in [-0.05, 0) is 18.2 Å². The second kappa shape index (κ2) is 9.51. The van der Waals surface area contributed by atoms with Crippen molar-refractivity contribution in [2.45, 2.75) is 23.1 Å². The van der Waals surface area contributed by atoms with Crippen molar-refractivity contribution in [3.05, 3.63) is 54.1 Å². The summed E-state index contributed by atoms with van der Waals surface area (Å²) < 4.78 is 70.9. The summed E-state index contributed by atoms with van der Waals surface area (Å²) in [6, 6.07) is 4.84. The summed E-state index contributed by atoms with van der Waals surface area (Å²) in [5.41, 5.74) is -3.77. The molecule has 0 saturated heterocycles. The zero-order valence-corrected chi connectivity index (χ0v) is 17.4. The van der Waals surface area contributed by atoms with Crippen LogP contribution in [-0.2, 0) is 18.0 Å². The maximum Gasteiger partial charge on any atom is 0.420 e. The first-order valence-corrected chi connectivity index (χ1v) is 9.98. The molecule has 0 aliphatic rings. The molecule has 4 N–H and O–H groups in total. The van der Waals surface area contributed by atoms with Gasteiger partial charge in [0.2, 0.25) is 0 Å². The van der Waals surface area contributed by atoms with Crippen LogP contribution >= 0.6 is 0 Å². The number of hydrogen-bond donors (Lipinski definition) is 3. The highest BCUT2D eigenvalue weighted by Crippen LogP contribution is 2.35. The molecule has 13 heteroatoms. The molecule has 1 aromatic carbocycles. The number of carbonyl (C=O) groups is 1. The summed E-state index contributed by atoms with van der Waals surface area (Å²) in [7, 11) is -0.794. The Morgan fingerprint density at radius 2 is 2.12 bits per heavy atom. The Balaban J connectivity index is 2.34. The van der Waals surface area contributed by atoms with Crippen LogP contribution in [0.4, 0.5) is 23.2 Å². The lowest BCUT2D eigenvalue weighted by Crippen LogP contribution is -2.44. The summed E-state index contributed by atoms with van der Waals surface area (Å²) >= 11 is 0. The van der Waals surface area contributed by atoms with Crippen LogP contribution in [0, 0.1) is 17.1 Å². The van der Waals surface area contributed by atoms with Gasteiger partial charge in [-0.3, -0.25) is 4.79 Å². The Labute approximate surface area is 182 Å². The van der Waals surface area contributed by atoms with E-state index in [1.54, 1.807) is 6.07 Å². The summed E-state index contributed by atoms with van der Waals surface area (Å²) in [5, 5.41) is 26.4. The number of aryl methyl sites for hydroxylation is 1. The highest BCUT2D eigenvalue weighted by molar-refractivity contribution is 7.82. The number of alkyl halides is 3. The molecule has 0 fully saturated rings. The van der Waals surface area contributed by atoms with Crippen molar-refractivity contribution in [2.24, 2.45) is 12.2 Å². The van der Waals surface area contributed by atoms with Crippen molar-refractivity contribution in [1.82, 2.24) is 4.57 Å². The third-order valence-corrected chi connectivity index (χ3v) is 5.16. The van der Waals surface area contributed by atoms with Crippen molar-refractivity contribution in [2.75, 3.05) is 11.9 Å². The maximum absolute atomic E-state index is 13.5. The van der Waals surface area contributed by atoms with E-state index in [0.717, 1.165) is 12.1 Å². The molecule has 0 aliphatic heterocycles. The second-order valence-electron chi connectivity index (χ2n) is 6.56. The smallest absolute Gasteiger partial charge is 0.420 e. The highest BCUT2D eigenvalue weighted by Gasteiger charge is 2.51. The molecule has 1 amide bonds. The van der Waals surface area contributed by atoms with Crippen LogP contribution in [0.15, 0.2) is 41.9 Å². The quantitative estimate of drug-likeness (QED) is 0.400. The number of nitrogens with zero attached hydrogens (tertiary/aromatic N) is 2. The molecular formula is C19H18F4N4O4S. The molecule has 8 nitrogen and oxygen atoms in total. The van der Waals surface area contributed by atoms with Crippen molar-refractivity contribution in [1.29, 1.82) is 5.26 Å². The molecule has 1 heterocycles. The SMILES string of the molecule is C=CC(O)(CCOc1c(S(N)=O)cn(C)c1C(=O)Nc1ccc(F)c(C#N)c1)C(F)(F)F. The molecule has 0 bridgehead atoms. The average Bonchev–Trinajstić information content (AvgIpc) is 3.04. The Bertz CT molecular complexity index is 1110. The van der Waals surface area contributed by atoms with E-state index in [4.69, 9.17) is 15.1 Å². The Morgan fingerprint density at radius 1 is 1.47 bits per heavy atom. The molecule has 1 aromatic heterocycles. The Hall–Kier alpha value is -3.21. The number of ether oxygens (including phenoxy) is 1. The second-order valence-corrected chi connectivity index (χ2v) is 7.60. The number of aliphatic hydroxyl groups is 1. The van der Waals surface area contributed by atoms with E-state index >= 15 is 0 Å². The van der Waals surface area contributed by atoms with E-state index in [1.165, 1.54) is 23.9 Å². The first-order chi connectivity index (χ1) is 14.8. The molecule has 0 spiro atoms. The Kier molecular flexibility index (Phi) is 7.45. The number of carbonyl (C=O) groups excluding carboxylic acids is 1. The van der Waals surface area contributed by atoms with Gasteiger partial charge in [0, 0.05) is 25.4 Å². The number of aromatic nitrogens is 1. The van der Waals surface area contributed by atoms with E-state index in [0.29, 0.717) is 6.08 Å². The van der Waals surface area contributed by atoms with E-state index in [1.807, 2.05) is 0 Å². The van der Waals surface area contributed by atoms with Gasteiger partial charge in [-0.25, -0.2) is 13.7 Å². The van der Waals surface area contributed by atoms with Gasteiger partial charge < -0.3 is 19.7 Å². The lowest BCUT2D eigenvalue weighted by molar-refractivity contribution is -0.243. The third kappa shape index (κ3) is 5.16. The predicted molar refractivity (Wildman–Crippen MR) is 106 cm³/mol. The molecular weight excluding hydrogens is 456 g/mol. The maximum atomic E-state index is 13.5. The molecule has 2 aromatic rings. The molecule has 2 atom stereocenters. The largest absolute Gasteiger partial charge is 0.490 e. The minimum absolute atomic E-state index is 0.0497. The minimum Gasteiger partial charge on any atom is -0.490 e. The van der Waals surface area contributed by atoms with Crippen LogP contribution < -0.4 is 15.2 Å². The standard InChI is InChI=1S/C19H18F4N4O4S/c1-3-18(29,19(21,22)23)6-7-31-16-14(32(25)30)10-27(2)15(16)17(28)26-12-4-5-13(20)11(8-12)9-24/h3-5,8,10,29H,1,6-7,25H2,2H3,(H,26,28). The van der Waals surface area contributed by atoms with E-state index < -0.39 is 47.5 Å². The van der Waals surface area contributed by atoms with Crippen LogP contribution in [0.3, 0.4) is 0 Å². The van der Waals surface area contributed by atoms with Gasteiger partial charge in [-0.2, -0.15) is 18.4 Å². The molecule has 172 valence electrons. The average molecular weight is 474 g/mol. The zero-order chi connectivity index (χ0) is 24.3. The zero-order valence-electron chi connectivity index (χ0n) is 16.6. The number of nitrogens with two attached hydrogens (primary N) is 1. The number of anilines is 1. The fourth-order valence-corrected chi connectivity index (χ4v) is 3.27. The lowest BCUT2D eigenvalue weighted by atomic mass is 10.00. The fourth-order valence-electron chi connectivity index (χ4n) is 2.67. The van der Waals surface area contributed by atoms with Crippen molar-refractivity contribution in [3.8, 4) is 11.8 Å². The van der Waals surface area contributed by atoms with E-state index in [9.17, 15) is 31.7 Å². The topological polar surface area (TPSA) is 130 Å². The Morgan fingerprint density at radius 3 is 2.66 bits per heavy atom. The fraction of sp³-hybridized carbons (Fsp3) is 0.263. The van der Waals surface area contributed by atoms with Gasteiger partial charge in [0.15, 0.2) is 17.0 Å². The number of nitriles is 1. The molecule has 32 heavy (non-hydrogen) atoms. The molecule has 0 saturated carbocycles. The van der Waals surface area contributed by atoms with Crippen LogP contribution in [0.25, 0.3) is 0 Å². The number of rotatable bonds is 8. The van der Waals surface area contributed by atoms with E-state index in [2.05, 4.69) is 11.9 Å². The number of benzene rings is 1. The van der Waals surface area contributed by atoms with E-state index in [-0.39, 0.29) is 27.6 Å². The summed E-state index contributed by atoms with van der Waals surface area (Å²) in [6.45, 7) is 2.25. The molecule has 0 aliphatic carbocycles. The van der Waals surface area contributed by atoms with Crippen LogP contribution in [0.5, 0.6) is 5.75 Å². The first kappa shape index (κ1) is 25.1. The van der Waals surface area contributed by atoms with Crippen molar-refractivity contribution in [3.63, 3.8) is 0 Å². The number of hydrogen-bond acceptors (Lipinski definition) is 5. The number of halogens is 4. The van der Waals surface area contributed by atoms with Gasteiger partial charge in [0.1, 0.15) is 27.8 Å². The van der Waals surface area contributed by atoms with Crippen LogP contribution in [0.2, 0.25) is 0 Å². The van der Waals surface area contributed by atoms with Gasteiger partial charge in [0.05, 0.1) is 12.2 Å². The van der Waals surface area contributed by atoms with Gasteiger partial charge in [-0.1, -0.05) is 12.7 Å². The number of nitrogens with one attached hydrogen (secondary N) is 1. The van der Waals surface area contributed by atoms with Crippen LogP contribution in [0.1, 0.15) is 22.5 Å². The predicted octanol–water partition coefficient (Wildman–Crippen LogP) is 2.52. The first-order valence-electron chi connectivity index (χ1n) is 8.76. The lowest BCUT2D eigenvalue weighted by Gasteiger charge is -2.27. The molecule has 2 unspecified atom stereocenters. The van der Waals surface area contributed by atoms with Gasteiger partial charge in [-0.15, -0.1) is 0 Å². The summed E-state index contributed by atoms with van der Waals surface area (Å²) in [4.78, 5) is 12.6. The molecule has 2 rings (SSSR count). The van der Waals surface area contributed by atoms with Crippen molar-refractivity contribution >= 4 is 22.6 Å². The highest BCUT2D eigenvalue weighted by atomic mass is 32.2. The van der Waals surface area contributed by atoms with Crippen molar-refractivity contribution < 1.29 is 36.4 Å². The third-order valence-electron chi connectivity index (χ3n) is 4.44. The van der Waals surface area contributed by atoms with Gasteiger partial charge in [0.25, 0.3) is 5.91 Å². The summed E-state index contributed by atoms with van der Waals surface area (Å²) in [5.74, 6) is -2.01. The minimum atomic E-state index is -5.02. The van der Waals surface area contributed by atoms with Crippen LogP contribution in [-0.4, -0.2) is 38.2 Å². The monoisotopic (exact) mass is 474 g/mol. The summed E-state index contributed by atoms with van der Waals surface area (Å²) in [6.07, 6.45) is -4.47. The normalized spacial score (nSPS) is 14.2. The molecule has 0 radical (unpaired) electrons. The van der Waals surface area contributed by atoms with Gasteiger partial charge >= 0.3 is 6.18 Å². The number of amides is 1.